The molecule has 0 atom stereocenters. The topological polar surface area (TPSA) is 56.3 Å². The summed E-state index contributed by atoms with van der Waals surface area (Å²) < 4.78 is 10.8. The largest absolute Gasteiger partial charge is 0.496 e. The summed E-state index contributed by atoms with van der Waals surface area (Å²) in [5, 5.41) is 13.7. The summed E-state index contributed by atoms with van der Waals surface area (Å²) >= 11 is 1.54. The van der Waals surface area contributed by atoms with E-state index >= 15 is 0 Å². The van der Waals surface area contributed by atoms with Gasteiger partial charge in [0, 0.05) is 5.54 Å². The second-order valence-corrected chi connectivity index (χ2v) is 6.70. The number of ether oxygens (including phenoxy) is 2. The van der Waals surface area contributed by atoms with E-state index in [4.69, 9.17) is 9.47 Å². The summed E-state index contributed by atoms with van der Waals surface area (Å²) in [4.78, 5) is 0. The Bertz CT molecular complexity index is 583. The maximum absolute atomic E-state index is 5.41. The van der Waals surface area contributed by atoms with Gasteiger partial charge in [0.1, 0.15) is 16.5 Å². The van der Waals surface area contributed by atoms with E-state index in [0.29, 0.717) is 6.54 Å². The first kappa shape index (κ1) is 15.7. The van der Waals surface area contributed by atoms with E-state index in [-0.39, 0.29) is 5.54 Å². The first-order chi connectivity index (χ1) is 9.94. The summed E-state index contributed by atoms with van der Waals surface area (Å²) in [6.45, 7) is 7.06. The first-order valence-electron chi connectivity index (χ1n) is 6.73. The average molecular weight is 307 g/mol. The molecule has 1 aromatic heterocycles. The predicted octanol–water partition coefficient (Wildman–Crippen LogP) is 3.11. The SMILES string of the molecule is COc1cccc(OC)c1-c1nnc(CNC(C)(C)C)s1. The lowest BCUT2D eigenvalue weighted by Gasteiger charge is -2.19. The molecule has 1 aromatic carbocycles. The number of aromatic nitrogens is 2. The van der Waals surface area contributed by atoms with Gasteiger partial charge in [0.2, 0.25) is 0 Å². The van der Waals surface area contributed by atoms with Gasteiger partial charge >= 0.3 is 0 Å². The van der Waals surface area contributed by atoms with Gasteiger partial charge in [-0.3, -0.25) is 0 Å². The summed E-state index contributed by atoms with van der Waals surface area (Å²) in [7, 11) is 3.28. The van der Waals surface area contributed by atoms with Gasteiger partial charge in [0.15, 0.2) is 5.01 Å². The summed E-state index contributed by atoms with van der Waals surface area (Å²) in [5.74, 6) is 1.47. The van der Waals surface area contributed by atoms with Crippen molar-refractivity contribution >= 4 is 11.3 Å². The van der Waals surface area contributed by atoms with Crippen LogP contribution in [0.1, 0.15) is 25.8 Å². The standard InChI is InChI=1S/C15H21N3O2S/c1-15(2,3)16-9-12-17-18-14(21-12)13-10(19-4)7-6-8-11(13)20-5/h6-8,16H,9H2,1-5H3. The van der Waals surface area contributed by atoms with E-state index in [1.807, 2.05) is 18.2 Å². The van der Waals surface area contributed by atoms with Crippen molar-refractivity contribution in [1.29, 1.82) is 0 Å². The van der Waals surface area contributed by atoms with Crippen molar-refractivity contribution in [2.24, 2.45) is 0 Å². The van der Waals surface area contributed by atoms with Gasteiger partial charge in [-0.15, -0.1) is 10.2 Å². The number of nitrogens with zero attached hydrogens (tertiary/aromatic N) is 2. The lowest BCUT2D eigenvalue weighted by atomic mass is 10.1. The van der Waals surface area contributed by atoms with Gasteiger partial charge in [0.05, 0.1) is 26.3 Å². The van der Waals surface area contributed by atoms with Gasteiger partial charge in [-0.25, -0.2) is 0 Å². The minimum absolute atomic E-state index is 0.0496. The molecule has 0 amide bonds. The molecule has 114 valence electrons. The van der Waals surface area contributed by atoms with Gasteiger partial charge in [0.25, 0.3) is 0 Å². The molecule has 0 saturated heterocycles. The zero-order valence-electron chi connectivity index (χ0n) is 13.1. The number of hydrogen-bond donors (Lipinski definition) is 1. The third-order valence-corrected chi connectivity index (χ3v) is 3.82. The van der Waals surface area contributed by atoms with Crippen molar-refractivity contribution in [3.8, 4) is 22.1 Å². The number of hydrogen-bond acceptors (Lipinski definition) is 6. The lowest BCUT2D eigenvalue weighted by Crippen LogP contribution is -2.35. The number of rotatable bonds is 5. The Morgan fingerprint density at radius 3 is 2.24 bits per heavy atom. The minimum atomic E-state index is 0.0496. The van der Waals surface area contributed by atoms with Crippen molar-refractivity contribution in [2.75, 3.05) is 14.2 Å². The fourth-order valence-electron chi connectivity index (χ4n) is 1.83. The molecular weight excluding hydrogens is 286 g/mol. The van der Waals surface area contributed by atoms with Gasteiger partial charge in [-0.1, -0.05) is 17.4 Å². The Morgan fingerprint density at radius 2 is 1.71 bits per heavy atom. The average Bonchev–Trinajstić information content (AvgIpc) is 2.92. The van der Waals surface area contributed by atoms with Crippen LogP contribution in [0.15, 0.2) is 18.2 Å². The maximum Gasteiger partial charge on any atom is 0.155 e. The highest BCUT2D eigenvalue weighted by Crippen LogP contribution is 2.39. The quantitative estimate of drug-likeness (QED) is 0.920. The third kappa shape index (κ3) is 3.92. The highest BCUT2D eigenvalue weighted by atomic mass is 32.1. The Balaban J connectivity index is 2.29. The fraction of sp³-hybridized carbons (Fsp3) is 0.467. The molecule has 2 aromatic rings. The zero-order valence-corrected chi connectivity index (χ0v) is 13.9. The number of nitrogens with one attached hydrogen (secondary N) is 1. The van der Waals surface area contributed by atoms with Crippen LogP contribution in [0.25, 0.3) is 10.6 Å². The van der Waals surface area contributed by atoms with Crippen LogP contribution in [0.5, 0.6) is 11.5 Å². The van der Waals surface area contributed by atoms with Crippen LogP contribution in [-0.2, 0) is 6.54 Å². The molecule has 0 saturated carbocycles. The molecule has 0 aliphatic heterocycles. The van der Waals surface area contributed by atoms with E-state index in [1.54, 1.807) is 25.6 Å². The molecule has 1 N–H and O–H groups in total. The van der Waals surface area contributed by atoms with Crippen LogP contribution in [0.4, 0.5) is 0 Å². The van der Waals surface area contributed by atoms with Gasteiger partial charge in [-0.05, 0) is 32.9 Å². The molecule has 0 aliphatic rings. The molecule has 0 fully saturated rings. The lowest BCUT2D eigenvalue weighted by molar-refractivity contribution is 0.397. The molecular formula is C15H21N3O2S. The molecule has 2 rings (SSSR count). The third-order valence-electron chi connectivity index (χ3n) is 2.88. The normalized spacial score (nSPS) is 11.5. The predicted molar refractivity (Wildman–Crippen MR) is 85.0 cm³/mol. The summed E-state index contributed by atoms with van der Waals surface area (Å²) in [5.41, 5.74) is 0.899. The highest BCUT2D eigenvalue weighted by molar-refractivity contribution is 7.14. The van der Waals surface area contributed by atoms with Crippen molar-refractivity contribution < 1.29 is 9.47 Å². The first-order valence-corrected chi connectivity index (χ1v) is 7.55. The highest BCUT2D eigenvalue weighted by Gasteiger charge is 2.17. The van der Waals surface area contributed by atoms with Crippen LogP contribution in [-0.4, -0.2) is 30.0 Å². The Morgan fingerprint density at radius 1 is 1.10 bits per heavy atom. The minimum Gasteiger partial charge on any atom is -0.496 e. The Kier molecular flexibility index (Phi) is 4.80. The van der Waals surface area contributed by atoms with Gasteiger partial charge < -0.3 is 14.8 Å². The molecule has 1 heterocycles. The molecule has 0 unspecified atom stereocenters. The monoisotopic (exact) mass is 307 g/mol. The van der Waals surface area contributed by atoms with E-state index in [2.05, 4.69) is 36.3 Å². The molecule has 0 aliphatic carbocycles. The van der Waals surface area contributed by atoms with Crippen LogP contribution >= 0.6 is 11.3 Å². The van der Waals surface area contributed by atoms with Crippen LogP contribution in [0, 0.1) is 0 Å². The zero-order chi connectivity index (χ0) is 15.5. The van der Waals surface area contributed by atoms with E-state index in [0.717, 1.165) is 27.1 Å². The fourth-order valence-corrected chi connectivity index (χ4v) is 2.66. The van der Waals surface area contributed by atoms with Crippen molar-refractivity contribution in [1.82, 2.24) is 15.5 Å². The summed E-state index contributed by atoms with van der Waals surface area (Å²) in [6.07, 6.45) is 0. The van der Waals surface area contributed by atoms with Crippen LogP contribution in [0.3, 0.4) is 0 Å². The number of methoxy groups -OCH3 is 2. The molecule has 21 heavy (non-hydrogen) atoms. The summed E-state index contributed by atoms with van der Waals surface area (Å²) in [6, 6.07) is 5.68. The van der Waals surface area contributed by atoms with E-state index < -0.39 is 0 Å². The maximum atomic E-state index is 5.41. The van der Waals surface area contributed by atoms with E-state index in [9.17, 15) is 0 Å². The van der Waals surface area contributed by atoms with Crippen molar-refractivity contribution in [3.05, 3.63) is 23.2 Å². The molecule has 6 heteroatoms. The van der Waals surface area contributed by atoms with Crippen LogP contribution in [0.2, 0.25) is 0 Å². The van der Waals surface area contributed by atoms with Crippen molar-refractivity contribution in [3.63, 3.8) is 0 Å². The molecule has 0 radical (unpaired) electrons. The Hall–Kier alpha value is -1.66. The number of benzene rings is 1. The molecule has 0 bridgehead atoms. The second-order valence-electron chi connectivity index (χ2n) is 5.64. The van der Waals surface area contributed by atoms with Crippen LogP contribution < -0.4 is 14.8 Å². The molecule has 0 spiro atoms. The van der Waals surface area contributed by atoms with E-state index in [1.165, 1.54) is 0 Å². The smallest absolute Gasteiger partial charge is 0.155 e. The molecule has 5 nitrogen and oxygen atoms in total. The second kappa shape index (κ2) is 6.41. The van der Waals surface area contributed by atoms with Gasteiger partial charge in [-0.2, -0.15) is 0 Å². The van der Waals surface area contributed by atoms with Crippen molar-refractivity contribution in [2.45, 2.75) is 32.9 Å². The Labute approximate surface area is 129 Å².